The Bertz CT molecular complexity index is 7980. The molecule has 0 saturated carbocycles. The van der Waals surface area contributed by atoms with E-state index in [0.717, 1.165) is 121 Å². The van der Waals surface area contributed by atoms with Gasteiger partial charge in [-0.3, -0.25) is 0 Å². The summed E-state index contributed by atoms with van der Waals surface area (Å²) in [5.41, 5.74) is 11.4. The third kappa shape index (κ3) is 16.5. The summed E-state index contributed by atoms with van der Waals surface area (Å²) in [6.45, 7) is 15.3. The van der Waals surface area contributed by atoms with Crippen LogP contribution < -0.4 is 18.9 Å². The summed E-state index contributed by atoms with van der Waals surface area (Å²) in [6.07, 6.45) is -0.442. The first kappa shape index (κ1) is 80.9. The molecule has 14 aromatic carbocycles. The van der Waals surface area contributed by atoms with E-state index in [-0.39, 0.29) is 71.5 Å². The molecule has 24 nitrogen and oxygen atoms in total. The van der Waals surface area contributed by atoms with Crippen LogP contribution in [0.15, 0.2) is 309 Å². The summed E-state index contributed by atoms with van der Waals surface area (Å²) < 4.78 is 47.6. The fraction of sp³-hybridized carbons (Fsp3) is 0.115. The third-order valence-electron chi connectivity index (χ3n) is 20.9. The Hall–Kier alpha value is -16.8. The minimum Gasteiger partial charge on any atom is -0.507 e. The van der Waals surface area contributed by atoms with Gasteiger partial charge in [-0.1, -0.05) is 170 Å². The molecule has 8 heterocycles. The summed E-state index contributed by atoms with van der Waals surface area (Å²) in [5.74, 6) is 3.52. The first-order chi connectivity index (χ1) is 62.3. The van der Waals surface area contributed by atoms with E-state index in [4.69, 9.17) is 36.6 Å². The van der Waals surface area contributed by atoms with Gasteiger partial charge in [-0.2, -0.15) is 39.9 Å². The van der Waals surface area contributed by atoms with Crippen LogP contribution in [0.25, 0.3) is 200 Å². The lowest BCUT2D eigenvalue weighted by Crippen LogP contribution is -2.10. The van der Waals surface area contributed by atoms with E-state index in [0.29, 0.717) is 74.4 Å². The highest BCUT2D eigenvalue weighted by Gasteiger charge is 2.25. The molecule has 128 heavy (non-hydrogen) atoms. The second kappa shape index (κ2) is 34.5. The van der Waals surface area contributed by atoms with E-state index < -0.39 is 0 Å². The van der Waals surface area contributed by atoms with Crippen LogP contribution in [-0.2, 0) is 0 Å². The molecular formula is C104H80N12O12. The highest BCUT2D eigenvalue weighted by atomic mass is 16.5. The number of hydrogen-bond donors (Lipinski definition) is 4. The lowest BCUT2D eigenvalue weighted by Gasteiger charge is -2.12. The largest absolute Gasteiger partial charge is 0.507 e. The SMILES string of the molecule is CC(C)Oc1nc(-c2ccc3c(c2)oc2ccc4ccccc4c23)nc(-c2ccccc2O)n1.CC(C)Oc1nc(-c2ccc3oc4cc5ccccc5cc4c3c2)nc(-c2ccccc2O)n1.CC(C)Oc1nc(-c2ccccc2O)nc(-c2cccc3c2oc2ccccc23)n1.CC(C)Oc1nc(-c2ccccc2O)nc(-c2cccc3oc4ccccc4c23)n1. The van der Waals surface area contributed by atoms with Gasteiger partial charge < -0.3 is 57.0 Å². The maximum Gasteiger partial charge on any atom is 0.320 e. The smallest absolute Gasteiger partial charge is 0.320 e. The standard InChI is InChI=1S/2C28H21N3O3.2C24H19N3O3/c1-16(2)33-28-30-26(29-27(31-28)20-9-5-6-10-22(20)32)18-11-13-21-24(15-18)34-23-14-12-17-7-3-4-8-19(17)25(21)23;1-16(2)33-28-30-26(29-27(31-28)20-9-5-6-10-23(20)32)19-11-12-24-21(14-19)22-13-17-7-3-4-8-18(17)15-25(22)34-24;1-14(2)29-24-26-22(17-9-3-5-12-19(17)28)25-23(27-24)18-11-7-10-16-15-8-4-6-13-20(15)30-21(16)18;1-14(2)29-24-26-22(15-8-3-5-11-18(15)28)25-23(27-24)17-10-7-13-20-21(17)16-9-4-6-12-19(16)30-20/h2*3-16,32H,1-2H3;2*3-14,28H,1-2H3. The predicted octanol–water partition coefficient (Wildman–Crippen LogP) is 24.7. The van der Waals surface area contributed by atoms with Crippen molar-refractivity contribution >= 4 is 109 Å². The number of aromatic nitrogens is 12. The zero-order valence-corrected chi connectivity index (χ0v) is 70.4. The minimum absolute atomic E-state index is 0.0899. The molecule has 24 heteroatoms. The number of rotatable bonds is 16. The molecule has 0 bridgehead atoms. The Balaban J connectivity index is 0.000000111. The van der Waals surface area contributed by atoms with Gasteiger partial charge in [0.15, 0.2) is 46.6 Å². The molecule has 8 aromatic heterocycles. The average molecular weight is 1690 g/mol. The highest BCUT2D eigenvalue weighted by Crippen LogP contribution is 2.43. The van der Waals surface area contributed by atoms with Gasteiger partial charge in [0.1, 0.15) is 67.7 Å². The van der Waals surface area contributed by atoms with E-state index in [1.54, 1.807) is 72.8 Å². The molecule has 628 valence electrons. The van der Waals surface area contributed by atoms with Crippen LogP contribution in [-0.4, -0.2) is 105 Å². The number of benzene rings is 14. The predicted molar refractivity (Wildman–Crippen MR) is 497 cm³/mol. The molecule has 0 radical (unpaired) electrons. The van der Waals surface area contributed by atoms with Crippen molar-refractivity contribution in [1.29, 1.82) is 0 Å². The lowest BCUT2D eigenvalue weighted by atomic mass is 10.0. The quantitative estimate of drug-likeness (QED) is 0.0698. The molecular weight excluding hydrogens is 1610 g/mol. The number of ether oxygens (including phenoxy) is 4. The van der Waals surface area contributed by atoms with Crippen LogP contribution in [0.4, 0.5) is 0 Å². The van der Waals surface area contributed by atoms with Crippen molar-refractivity contribution in [2.45, 2.75) is 79.8 Å². The van der Waals surface area contributed by atoms with Crippen molar-refractivity contribution in [2.24, 2.45) is 0 Å². The molecule has 0 unspecified atom stereocenters. The summed E-state index contributed by atoms with van der Waals surface area (Å²) in [5, 5.41) is 54.0. The van der Waals surface area contributed by atoms with E-state index in [1.807, 2.05) is 231 Å². The topological polar surface area (TPSA) is 325 Å². The summed E-state index contributed by atoms with van der Waals surface area (Å²) in [6, 6.07) is 92.7. The maximum absolute atomic E-state index is 10.4. The van der Waals surface area contributed by atoms with Crippen LogP contribution in [0.3, 0.4) is 0 Å². The van der Waals surface area contributed by atoms with Gasteiger partial charge in [0.05, 0.1) is 52.2 Å². The van der Waals surface area contributed by atoms with Gasteiger partial charge in [0.25, 0.3) is 0 Å². The molecule has 22 aromatic rings. The Morgan fingerprint density at radius 3 is 1.07 bits per heavy atom. The third-order valence-corrected chi connectivity index (χ3v) is 20.9. The number of hydrogen-bond acceptors (Lipinski definition) is 24. The molecule has 0 aliphatic heterocycles. The second-order valence-corrected chi connectivity index (χ2v) is 31.3. The minimum atomic E-state index is -0.112. The number of aromatic hydroxyl groups is 4. The molecule has 0 saturated heterocycles. The molecule has 0 amide bonds. The number of para-hydroxylation sites is 7. The van der Waals surface area contributed by atoms with E-state index in [2.05, 4.69) is 102 Å². The number of fused-ring (bicyclic) bond motifs is 15. The van der Waals surface area contributed by atoms with Gasteiger partial charge >= 0.3 is 24.0 Å². The van der Waals surface area contributed by atoms with Crippen molar-refractivity contribution in [3.05, 3.63) is 291 Å². The normalized spacial score (nSPS) is 11.5. The van der Waals surface area contributed by atoms with Crippen LogP contribution in [0.2, 0.25) is 0 Å². The molecule has 0 aliphatic rings. The van der Waals surface area contributed by atoms with Crippen molar-refractivity contribution in [2.75, 3.05) is 0 Å². The number of phenolic OH excluding ortho intramolecular Hbond substituents is 4. The van der Waals surface area contributed by atoms with Crippen LogP contribution >= 0.6 is 0 Å². The van der Waals surface area contributed by atoms with Crippen molar-refractivity contribution in [3.8, 4) is 138 Å². The molecule has 0 atom stereocenters. The van der Waals surface area contributed by atoms with Gasteiger partial charge in [0, 0.05) is 59.8 Å². The molecule has 4 N–H and O–H groups in total. The number of nitrogens with zero attached hydrogens (tertiary/aromatic N) is 12. The van der Waals surface area contributed by atoms with Gasteiger partial charge in [0.2, 0.25) is 0 Å². The Kier molecular flexibility index (Phi) is 21.8. The van der Waals surface area contributed by atoms with Gasteiger partial charge in [-0.25, -0.2) is 19.9 Å². The number of furan rings is 4. The number of phenols is 4. The first-order valence-electron chi connectivity index (χ1n) is 41.7. The van der Waals surface area contributed by atoms with Crippen molar-refractivity contribution in [3.63, 3.8) is 0 Å². The molecule has 22 rings (SSSR count). The summed E-state index contributed by atoms with van der Waals surface area (Å²) >= 11 is 0. The highest BCUT2D eigenvalue weighted by molar-refractivity contribution is 6.19. The molecule has 0 fully saturated rings. The molecule has 0 aliphatic carbocycles. The molecule has 0 spiro atoms. The fourth-order valence-corrected chi connectivity index (χ4v) is 15.3. The van der Waals surface area contributed by atoms with E-state index >= 15 is 0 Å². The van der Waals surface area contributed by atoms with E-state index in [1.165, 1.54) is 5.39 Å². The fourth-order valence-electron chi connectivity index (χ4n) is 15.3. The Labute approximate surface area is 731 Å². The Morgan fingerprint density at radius 2 is 0.539 bits per heavy atom. The van der Waals surface area contributed by atoms with E-state index in [9.17, 15) is 20.4 Å². The van der Waals surface area contributed by atoms with Crippen molar-refractivity contribution < 1.29 is 57.0 Å². The zero-order chi connectivity index (χ0) is 87.8. The van der Waals surface area contributed by atoms with Crippen molar-refractivity contribution in [1.82, 2.24) is 59.8 Å². The summed E-state index contributed by atoms with van der Waals surface area (Å²) in [4.78, 5) is 54.6. The maximum atomic E-state index is 10.4. The summed E-state index contributed by atoms with van der Waals surface area (Å²) in [7, 11) is 0. The zero-order valence-electron chi connectivity index (χ0n) is 70.4. The second-order valence-electron chi connectivity index (χ2n) is 31.3. The van der Waals surface area contributed by atoms with Crippen LogP contribution in [0.1, 0.15) is 55.4 Å². The monoisotopic (exact) mass is 1690 g/mol. The lowest BCUT2D eigenvalue weighted by molar-refractivity contribution is 0.221. The first-order valence-corrected chi connectivity index (χ1v) is 41.7. The van der Waals surface area contributed by atoms with Gasteiger partial charge in [-0.05, 0) is 198 Å². The van der Waals surface area contributed by atoms with Gasteiger partial charge in [-0.15, -0.1) is 0 Å². The average Bonchev–Trinajstić information content (AvgIpc) is 1.60. The van der Waals surface area contributed by atoms with Crippen LogP contribution in [0, 0.1) is 0 Å². The van der Waals surface area contributed by atoms with Crippen LogP contribution in [0.5, 0.6) is 47.0 Å². The Morgan fingerprint density at radius 1 is 0.211 bits per heavy atom.